The Labute approximate surface area is 124 Å². The van der Waals surface area contributed by atoms with E-state index in [0.717, 1.165) is 18.5 Å². The van der Waals surface area contributed by atoms with Gasteiger partial charge in [-0.3, -0.25) is 0 Å². The quantitative estimate of drug-likeness (QED) is 0.889. The molecule has 0 aromatic heterocycles. The van der Waals surface area contributed by atoms with Gasteiger partial charge in [-0.25, -0.2) is 0 Å². The minimum atomic E-state index is -0.417. The molecule has 0 aliphatic carbocycles. The molecule has 2 aromatic carbocycles. The SMILES string of the molecule is O[C@@H]1CO[C@@H]2C[C@H]1Nc1c(Cc3ccccc3)cccc12. The highest BCUT2D eigenvalue weighted by Crippen LogP contribution is 2.41. The van der Waals surface area contributed by atoms with E-state index in [0.29, 0.717) is 6.61 Å². The van der Waals surface area contributed by atoms with Crippen LogP contribution in [0.4, 0.5) is 5.69 Å². The van der Waals surface area contributed by atoms with Crippen molar-refractivity contribution in [1.29, 1.82) is 0 Å². The van der Waals surface area contributed by atoms with Gasteiger partial charge in [0.25, 0.3) is 0 Å². The number of hydrogen-bond donors (Lipinski definition) is 2. The third-order valence-corrected chi connectivity index (χ3v) is 4.50. The maximum Gasteiger partial charge on any atom is 0.0975 e. The number of ether oxygens (including phenoxy) is 1. The number of hydrogen-bond acceptors (Lipinski definition) is 3. The molecule has 2 aliphatic rings. The van der Waals surface area contributed by atoms with Gasteiger partial charge in [0.2, 0.25) is 0 Å². The normalized spacial score (nSPS) is 26.8. The van der Waals surface area contributed by atoms with Gasteiger partial charge >= 0.3 is 0 Å². The second-order valence-electron chi connectivity index (χ2n) is 5.92. The Kier molecular flexibility index (Phi) is 3.17. The number of nitrogens with one attached hydrogen (secondary N) is 1. The minimum Gasteiger partial charge on any atom is -0.389 e. The Morgan fingerprint density at radius 1 is 1.10 bits per heavy atom. The average molecular weight is 281 g/mol. The van der Waals surface area contributed by atoms with E-state index in [9.17, 15) is 5.11 Å². The average Bonchev–Trinajstić information content (AvgIpc) is 2.53. The van der Waals surface area contributed by atoms with Crippen molar-refractivity contribution in [2.45, 2.75) is 31.1 Å². The van der Waals surface area contributed by atoms with Crippen molar-refractivity contribution in [3.05, 3.63) is 65.2 Å². The molecule has 0 spiro atoms. The summed E-state index contributed by atoms with van der Waals surface area (Å²) in [5.74, 6) is 0. The van der Waals surface area contributed by atoms with Crippen molar-refractivity contribution in [2.75, 3.05) is 11.9 Å². The zero-order chi connectivity index (χ0) is 14.2. The van der Waals surface area contributed by atoms with Crippen LogP contribution in [0.5, 0.6) is 0 Å². The number of aliphatic hydroxyl groups is 1. The molecular formula is C18H19NO2. The number of para-hydroxylation sites is 1. The molecule has 2 aromatic rings. The van der Waals surface area contributed by atoms with Crippen molar-refractivity contribution >= 4 is 5.69 Å². The first-order valence-electron chi connectivity index (χ1n) is 7.53. The zero-order valence-corrected chi connectivity index (χ0v) is 11.8. The van der Waals surface area contributed by atoms with Crippen molar-refractivity contribution in [3.63, 3.8) is 0 Å². The monoisotopic (exact) mass is 281 g/mol. The van der Waals surface area contributed by atoms with Gasteiger partial charge in [-0.1, -0.05) is 48.5 Å². The summed E-state index contributed by atoms with van der Waals surface area (Å²) in [6.07, 6.45) is 1.44. The molecule has 2 bridgehead atoms. The van der Waals surface area contributed by atoms with Crippen LogP contribution in [0.1, 0.15) is 29.2 Å². The first-order valence-corrected chi connectivity index (χ1v) is 7.53. The first-order chi connectivity index (χ1) is 10.3. The smallest absolute Gasteiger partial charge is 0.0975 e. The van der Waals surface area contributed by atoms with Crippen LogP contribution in [-0.2, 0) is 11.2 Å². The Morgan fingerprint density at radius 3 is 2.81 bits per heavy atom. The summed E-state index contributed by atoms with van der Waals surface area (Å²) >= 11 is 0. The van der Waals surface area contributed by atoms with Gasteiger partial charge in [-0.05, 0) is 17.5 Å². The summed E-state index contributed by atoms with van der Waals surface area (Å²) in [5.41, 5.74) is 4.95. The standard InChI is InChI=1S/C18H19NO2/c20-16-11-21-17-10-15(16)19-18-13(7-4-8-14(17)18)9-12-5-2-1-3-6-12/h1-8,15-17,19-20H,9-11H2/t15-,16-,17-/m1/s1. The zero-order valence-electron chi connectivity index (χ0n) is 11.8. The van der Waals surface area contributed by atoms with E-state index < -0.39 is 6.10 Å². The Bertz CT molecular complexity index is 641. The van der Waals surface area contributed by atoms with Crippen LogP contribution in [0.25, 0.3) is 0 Å². The van der Waals surface area contributed by atoms with Crippen molar-refractivity contribution in [1.82, 2.24) is 0 Å². The van der Waals surface area contributed by atoms with Gasteiger partial charge in [0, 0.05) is 17.7 Å². The fourth-order valence-electron chi connectivity index (χ4n) is 3.37. The van der Waals surface area contributed by atoms with Crippen molar-refractivity contribution < 1.29 is 9.84 Å². The molecule has 3 nitrogen and oxygen atoms in total. The number of anilines is 1. The molecule has 108 valence electrons. The van der Waals surface area contributed by atoms with E-state index in [1.54, 1.807) is 0 Å². The molecule has 21 heavy (non-hydrogen) atoms. The fourth-order valence-corrected chi connectivity index (χ4v) is 3.37. The van der Waals surface area contributed by atoms with E-state index in [1.165, 1.54) is 16.7 Å². The molecule has 2 heterocycles. The fraction of sp³-hybridized carbons (Fsp3) is 0.333. The second-order valence-corrected chi connectivity index (χ2v) is 5.92. The van der Waals surface area contributed by atoms with E-state index in [2.05, 4.69) is 47.8 Å². The summed E-state index contributed by atoms with van der Waals surface area (Å²) in [5, 5.41) is 13.6. The van der Waals surface area contributed by atoms with Crippen molar-refractivity contribution in [3.8, 4) is 0 Å². The topological polar surface area (TPSA) is 41.5 Å². The molecule has 3 atom stereocenters. The highest BCUT2D eigenvalue weighted by atomic mass is 16.5. The summed E-state index contributed by atoms with van der Waals surface area (Å²) in [6.45, 7) is 0.421. The van der Waals surface area contributed by atoms with Gasteiger partial charge in [0.1, 0.15) is 0 Å². The van der Waals surface area contributed by atoms with Crippen LogP contribution in [0.3, 0.4) is 0 Å². The molecule has 0 unspecified atom stereocenters. The van der Waals surface area contributed by atoms with E-state index in [-0.39, 0.29) is 12.1 Å². The van der Waals surface area contributed by atoms with Gasteiger partial charge in [-0.15, -0.1) is 0 Å². The maximum absolute atomic E-state index is 10.0. The molecule has 4 rings (SSSR count). The molecule has 1 saturated heterocycles. The lowest BCUT2D eigenvalue weighted by Gasteiger charge is -2.41. The number of aliphatic hydroxyl groups excluding tert-OH is 1. The Morgan fingerprint density at radius 2 is 1.95 bits per heavy atom. The van der Waals surface area contributed by atoms with Crippen molar-refractivity contribution in [2.24, 2.45) is 0 Å². The number of rotatable bonds is 2. The van der Waals surface area contributed by atoms with Crippen LogP contribution in [0.15, 0.2) is 48.5 Å². The largest absolute Gasteiger partial charge is 0.389 e. The number of fused-ring (bicyclic) bond motifs is 4. The summed E-state index contributed by atoms with van der Waals surface area (Å²) in [6, 6.07) is 17.0. The van der Waals surface area contributed by atoms with E-state index >= 15 is 0 Å². The summed E-state index contributed by atoms with van der Waals surface area (Å²) in [7, 11) is 0. The van der Waals surface area contributed by atoms with Crippen LogP contribution >= 0.6 is 0 Å². The number of benzene rings is 2. The Balaban J connectivity index is 1.71. The van der Waals surface area contributed by atoms with Crippen LogP contribution in [-0.4, -0.2) is 23.9 Å². The second kappa shape index (κ2) is 5.17. The predicted molar refractivity (Wildman–Crippen MR) is 82.4 cm³/mol. The van der Waals surface area contributed by atoms with Crippen LogP contribution in [0.2, 0.25) is 0 Å². The molecule has 2 aliphatic heterocycles. The minimum absolute atomic E-state index is 0.105. The van der Waals surface area contributed by atoms with E-state index in [4.69, 9.17) is 4.74 Å². The predicted octanol–water partition coefficient (Wildman–Crippen LogP) is 2.89. The third-order valence-electron chi connectivity index (χ3n) is 4.50. The summed E-state index contributed by atoms with van der Waals surface area (Å²) < 4.78 is 5.80. The van der Waals surface area contributed by atoms with E-state index in [1.807, 2.05) is 6.07 Å². The van der Waals surface area contributed by atoms with Gasteiger partial charge in [-0.2, -0.15) is 0 Å². The lowest BCUT2D eigenvalue weighted by Crippen LogP contribution is -2.46. The Hall–Kier alpha value is -1.84. The highest BCUT2D eigenvalue weighted by Gasteiger charge is 2.36. The molecule has 1 fully saturated rings. The molecule has 0 amide bonds. The third kappa shape index (κ3) is 2.33. The lowest BCUT2D eigenvalue weighted by molar-refractivity contribution is -0.0672. The molecule has 3 heteroatoms. The molecular weight excluding hydrogens is 262 g/mol. The van der Waals surface area contributed by atoms with Crippen LogP contribution < -0.4 is 5.32 Å². The summed E-state index contributed by atoms with van der Waals surface area (Å²) in [4.78, 5) is 0. The molecule has 0 radical (unpaired) electrons. The molecule has 0 saturated carbocycles. The van der Waals surface area contributed by atoms with Gasteiger partial charge in [0.15, 0.2) is 0 Å². The van der Waals surface area contributed by atoms with Gasteiger partial charge < -0.3 is 15.2 Å². The highest BCUT2D eigenvalue weighted by molar-refractivity contribution is 5.62. The molecule has 2 N–H and O–H groups in total. The van der Waals surface area contributed by atoms with Gasteiger partial charge in [0.05, 0.1) is 24.9 Å². The van der Waals surface area contributed by atoms with Crippen LogP contribution in [0, 0.1) is 0 Å². The first kappa shape index (κ1) is 12.9. The maximum atomic E-state index is 10.0. The lowest BCUT2D eigenvalue weighted by atomic mass is 9.87.